The molecule has 27 heavy (non-hydrogen) atoms. The molecule has 2 heterocycles. The number of primary amides is 1. The van der Waals surface area contributed by atoms with Gasteiger partial charge < -0.3 is 25.7 Å². The van der Waals surface area contributed by atoms with Crippen molar-refractivity contribution in [2.24, 2.45) is 5.73 Å². The highest BCUT2D eigenvalue weighted by atomic mass is 16.5. The average molecular weight is 368 g/mol. The molecule has 1 aromatic carbocycles. The van der Waals surface area contributed by atoms with E-state index >= 15 is 0 Å². The van der Waals surface area contributed by atoms with Gasteiger partial charge in [0, 0.05) is 31.4 Å². The summed E-state index contributed by atoms with van der Waals surface area (Å²) in [5.74, 6) is -0.0199. The molecule has 0 unspecified atom stereocenters. The summed E-state index contributed by atoms with van der Waals surface area (Å²) in [4.78, 5) is 27.7. The van der Waals surface area contributed by atoms with E-state index in [1.54, 1.807) is 50.6 Å². The van der Waals surface area contributed by atoms with Crippen molar-refractivity contribution in [3.63, 3.8) is 0 Å². The molecule has 140 valence electrons. The molecule has 9 nitrogen and oxygen atoms in total. The third-order valence-corrected chi connectivity index (χ3v) is 3.92. The van der Waals surface area contributed by atoms with Crippen LogP contribution in [-0.2, 0) is 4.79 Å². The number of H-pyrrole nitrogens is 1. The summed E-state index contributed by atoms with van der Waals surface area (Å²) >= 11 is 0. The molecule has 2 aromatic heterocycles. The Morgan fingerprint density at radius 2 is 1.93 bits per heavy atom. The van der Waals surface area contributed by atoms with Gasteiger partial charge in [-0.25, -0.2) is 0 Å². The Morgan fingerprint density at radius 3 is 2.59 bits per heavy atom. The largest absolute Gasteiger partial charge is 0.493 e. The van der Waals surface area contributed by atoms with Crippen LogP contribution in [0.15, 0.2) is 36.5 Å². The van der Waals surface area contributed by atoms with Gasteiger partial charge in [-0.15, -0.1) is 10.2 Å². The van der Waals surface area contributed by atoms with Gasteiger partial charge in [0.15, 0.2) is 11.3 Å². The topological polar surface area (TPSA) is 126 Å². The van der Waals surface area contributed by atoms with Crippen LogP contribution >= 0.6 is 0 Å². The number of nitrogens with one attached hydrogen (secondary N) is 2. The summed E-state index contributed by atoms with van der Waals surface area (Å²) in [6.45, 7) is 0.299. The molecule has 0 aliphatic rings. The molecule has 0 spiro atoms. The molecule has 0 saturated heterocycles. The van der Waals surface area contributed by atoms with E-state index in [1.807, 2.05) is 0 Å². The summed E-state index contributed by atoms with van der Waals surface area (Å²) in [6, 6.07) is 8.93. The van der Waals surface area contributed by atoms with E-state index in [4.69, 9.17) is 10.5 Å². The fraction of sp³-hybridized carbons (Fsp3) is 0.222. The second-order valence-corrected chi connectivity index (χ2v) is 6.06. The van der Waals surface area contributed by atoms with Gasteiger partial charge in [0.25, 0.3) is 5.91 Å². The molecule has 3 rings (SSSR count). The zero-order valence-corrected chi connectivity index (χ0v) is 15.0. The van der Waals surface area contributed by atoms with Gasteiger partial charge in [-0.05, 0) is 30.3 Å². The molecule has 4 N–H and O–H groups in total. The number of anilines is 2. The third-order valence-electron chi connectivity index (χ3n) is 3.92. The lowest BCUT2D eigenvalue weighted by atomic mass is 10.2. The minimum absolute atomic E-state index is 0.00738. The van der Waals surface area contributed by atoms with E-state index in [2.05, 4.69) is 20.5 Å². The zero-order chi connectivity index (χ0) is 19.4. The highest BCUT2D eigenvalue weighted by molar-refractivity contribution is 6.05. The van der Waals surface area contributed by atoms with Crippen LogP contribution in [0.3, 0.4) is 0 Å². The SMILES string of the molecule is CN(C)C(=O)CCOc1ccc(Nc2c(C(N)=O)nnc3[nH]ccc23)cc1. The van der Waals surface area contributed by atoms with Crippen LogP contribution in [-0.4, -0.2) is 52.6 Å². The quantitative estimate of drug-likeness (QED) is 0.582. The van der Waals surface area contributed by atoms with Crippen molar-refractivity contribution in [3.8, 4) is 5.75 Å². The molecule has 0 saturated carbocycles. The second kappa shape index (κ2) is 7.73. The Bertz CT molecular complexity index is 965. The van der Waals surface area contributed by atoms with Crippen LogP contribution in [0.25, 0.3) is 11.0 Å². The molecule has 0 aliphatic carbocycles. The van der Waals surface area contributed by atoms with Crippen LogP contribution < -0.4 is 15.8 Å². The first-order valence-electron chi connectivity index (χ1n) is 8.29. The van der Waals surface area contributed by atoms with E-state index in [0.717, 1.165) is 5.69 Å². The van der Waals surface area contributed by atoms with Gasteiger partial charge in [-0.3, -0.25) is 9.59 Å². The van der Waals surface area contributed by atoms with Crippen molar-refractivity contribution in [2.75, 3.05) is 26.0 Å². The van der Waals surface area contributed by atoms with Crippen molar-refractivity contribution in [1.82, 2.24) is 20.1 Å². The van der Waals surface area contributed by atoms with E-state index in [1.165, 1.54) is 4.90 Å². The Morgan fingerprint density at radius 1 is 1.19 bits per heavy atom. The zero-order valence-electron chi connectivity index (χ0n) is 15.0. The molecule has 0 aliphatic heterocycles. The first-order valence-corrected chi connectivity index (χ1v) is 8.29. The van der Waals surface area contributed by atoms with Crippen LogP contribution in [0.5, 0.6) is 5.75 Å². The fourth-order valence-corrected chi connectivity index (χ4v) is 2.48. The summed E-state index contributed by atoms with van der Waals surface area (Å²) in [5.41, 5.74) is 7.23. The number of rotatable bonds is 7. The number of aromatic nitrogens is 3. The smallest absolute Gasteiger partial charge is 0.271 e. The third kappa shape index (κ3) is 4.14. The first kappa shape index (κ1) is 18.2. The van der Waals surface area contributed by atoms with E-state index in [0.29, 0.717) is 35.5 Å². The Kier molecular flexibility index (Phi) is 5.20. The molecule has 3 aromatic rings. The molecular formula is C18H20N6O3. The minimum Gasteiger partial charge on any atom is -0.493 e. The molecular weight excluding hydrogens is 348 g/mol. The molecule has 0 atom stereocenters. The average Bonchev–Trinajstić information content (AvgIpc) is 3.12. The van der Waals surface area contributed by atoms with Crippen LogP contribution in [0.1, 0.15) is 16.9 Å². The Labute approximate surface area is 155 Å². The lowest BCUT2D eigenvalue weighted by Gasteiger charge is -2.12. The predicted molar refractivity (Wildman–Crippen MR) is 101 cm³/mol. The highest BCUT2D eigenvalue weighted by Crippen LogP contribution is 2.28. The lowest BCUT2D eigenvalue weighted by molar-refractivity contribution is -0.129. The van der Waals surface area contributed by atoms with Gasteiger partial charge in [-0.1, -0.05) is 0 Å². The maximum absolute atomic E-state index is 11.7. The summed E-state index contributed by atoms with van der Waals surface area (Å²) in [5, 5.41) is 11.7. The normalized spacial score (nSPS) is 10.6. The molecule has 0 fully saturated rings. The number of hydrogen-bond acceptors (Lipinski definition) is 6. The maximum Gasteiger partial charge on any atom is 0.271 e. The number of amides is 2. The number of hydrogen-bond donors (Lipinski definition) is 3. The van der Waals surface area contributed by atoms with E-state index in [-0.39, 0.29) is 11.6 Å². The number of nitrogens with zero attached hydrogens (tertiary/aromatic N) is 3. The van der Waals surface area contributed by atoms with Gasteiger partial charge in [0.05, 0.1) is 18.7 Å². The van der Waals surface area contributed by atoms with Crippen molar-refractivity contribution < 1.29 is 14.3 Å². The second-order valence-electron chi connectivity index (χ2n) is 6.06. The monoisotopic (exact) mass is 368 g/mol. The van der Waals surface area contributed by atoms with Crippen molar-refractivity contribution >= 4 is 34.2 Å². The van der Waals surface area contributed by atoms with E-state index in [9.17, 15) is 9.59 Å². The van der Waals surface area contributed by atoms with Gasteiger partial charge in [0.2, 0.25) is 5.91 Å². The maximum atomic E-state index is 11.7. The summed E-state index contributed by atoms with van der Waals surface area (Å²) in [6.07, 6.45) is 2.02. The van der Waals surface area contributed by atoms with Crippen LogP contribution in [0.2, 0.25) is 0 Å². The Balaban J connectivity index is 1.73. The number of ether oxygens (including phenoxy) is 1. The van der Waals surface area contributed by atoms with Gasteiger partial charge in [0.1, 0.15) is 5.75 Å². The van der Waals surface area contributed by atoms with Gasteiger partial charge in [-0.2, -0.15) is 0 Å². The van der Waals surface area contributed by atoms with Crippen molar-refractivity contribution in [3.05, 3.63) is 42.2 Å². The summed E-state index contributed by atoms with van der Waals surface area (Å²) < 4.78 is 5.58. The van der Waals surface area contributed by atoms with Crippen molar-refractivity contribution in [2.45, 2.75) is 6.42 Å². The lowest BCUT2D eigenvalue weighted by Crippen LogP contribution is -2.23. The highest BCUT2D eigenvalue weighted by Gasteiger charge is 2.16. The number of carbonyl (C=O) groups is 2. The number of aromatic amines is 1. The number of benzene rings is 1. The standard InChI is InChI=1S/C18H20N6O3/c1-24(2)14(25)8-10-27-12-5-3-11(4-6-12)21-15-13-7-9-20-18(13)23-22-16(15)17(19)26/h3-7,9H,8,10H2,1-2H3,(H2,19,26)(H2,20,21,23). The summed E-state index contributed by atoms with van der Waals surface area (Å²) in [7, 11) is 3.41. The molecule has 2 amide bonds. The Hall–Kier alpha value is -3.62. The molecule has 0 bridgehead atoms. The number of nitrogens with two attached hydrogens (primary N) is 1. The van der Waals surface area contributed by atoms with E-state index < -0.39 is 5.91 Å². The predicted octanol–water partition coefficient (Wildman–Crippen LogP) is 1.66. The molecule has 9 heteroatoms. The fourth-order valence-electron chi connectivity index (χ4n) is 2.48. The van der Waals surface area contributed by atoms with Gasteiger partial charge >= 0.3 is 0 Å². The van der Waals surface area contributed by atoms with Crippen LogP contribution in [0.4, 0.5) is 11.4 Å². The first-order chi connectivity index (χ1) is 13.0. The minimum atomic E-state index is -0.668. The number of fused-ring (bicyclic) bond motifs is 1. The number of carbonyl (C=O) groups excluding carboxylic acids is 2. The van der Waals surface area contributed by atoms with Crippen molar-refractivity contribution in [1.29, 1.82) is 0 Å². The van der Waals surface area contributed by atoms with Crippen LogP contribution in [0, 0.1) is 0 Å². The molecule has 0 radical (unpaired) electrons.